The normalized spacial score (nSPS) is 18.8. The minimum atomic E-state index is 0.488. The summed E-state index contributed by atoms with van der Waals surface area (Å²) >= 11 is 0. The lowest BCUT2D eigenvalue weighted by atomic mass is 9.95. The van der Waals surface area contributed by atoms with Crippen molar-refractivity contribution in [1.29, 1.82) is 0 Å². The molecule has 5 heteroatoms. The Hall–Kier alpha value is -2.56. The number of nitrogens with two attached hydrogens (primary N) is 1. The van der Waals surface area contributed by atoms with E-state index in [-0.39, 0.29) is 0 Å². The summed E-state index contributed by atoms with van der Waals surface area (Å²) in [6.07, 6.45) is 20.2. The summed E-state index contributed by atoms with van der Waals surface area (Å²) in [5, 5.41) is 3.77. The van der Waals surface area contributed by atoms with E-state index in [1.165, 1.54) is 55.4 Å². The summed E-state index contributed by atoms with van der Waals surface area (Å²) in [7, 11) is 0. The number of anilines is 1. The van der Waals surface area contributed by atoms with Gasteiger partial charge in [-0.2, -0.15) is 0 Å². The Morgan fingerprint density at radius 1 is 1.19 bits per heavy atom. The van der Waals surface area contributed by atoms with Gasteiger partial charge in [0.1, 0.15) is 22.9 Å². The molecule has 5 nitrogen and oxygen atoms in total. The second kappa shape index (κ2) is 9.71. The van der Waals surface area contributed by atoms with Crippen molar-refractivity contribution in [3.63, 3.8) is 0 Å². The minimum Gasteiger partial charge on any atom is -0.382 e. The second-order valence-electron chi connectivity index (χ2n) is 8.81. The Morgan fingerprint density at radius 3 is 2.65 bits per heavy atom. The highest BCUT2D eigenvalue weighted by molar-refractivity contribution is 5.84. The van der Waals surface area contributed by atoms with E-state index in [4.69, 9.17) is 10.7 Å². The van der Waals surface area contributed by atoms with Gasteiger partial charge in [0.05, 0.1) is 5.70 Å². The van der Waals surface area contributed by atoms with E-state index in [1.54, 1.807) is 6.20 Å². The van der Waals surface area contributed by atoms with Gasteiger partial charge >= 0.3 is 0 Å². The lowest BCUT2D eigenvalue weighted by Gasteiger charge is -2.24. The van der Waals surface area contributed by atoms with Crippen LogP contribution in [0.2, 0.25) is 0 Å². The van der Waals surface area contributed by atoms with Gasteiger partial charge in [-0.25, -0.2) is 9.97 Å². The number of imidazole rings is 1. The fourth-order valence-electron chi connectivity index (χ4n) is 5.16. The standard InChI is InChI=1S/C26H37N5/c1-4-11-18(5-2)22-19(6-3)14-15-21(29-22)23-24-25(27)28-16-17-31(24)26(30-23)20-12-9-7-8-10-13-20/h11,15-17,20,29H,4-10,12-14H2,1-3H3,(H2,27,28)/b18-11-. The third kappa shape index (κ3) is 4.28. The molecule has 1 saturated carbocycles. The summed E-state index contributed by atoms with van der Waals surface area (Å²) in [5.74, 6) is 2.19. The number of fused-ring (bicyclic) bond motifs is 1. The van der Waals surface area contributed by atoms with Crippen LogP contribution in [0.3, 0.4) is 0 Å². The molecule has 0 saturated heterocycles. The molecule has 0 amide bonds. The average Bonchev–Trinajstić information content (AvgIpc) is 2.98. The van der Waals surface area contributed by atoms with E-state index in [0.717, 1.165) is 48.4 Å². The molecule has 2 aliphatic rings. The first-order valence-electron chi connectivity index (χ1n) is 12.2. The van der Waals surface area contributed by atoms with E-state index < -0.39 is 0 Å². The van der Waals surface area contributed by atoms with Crippen LogP contribution in [0.5, 0.6) is 0 Å². The second-order valence-corrected chi connectivity index (χ2v) is 8.81. The van der Waals surface area contributed by atoms with Crippen molar-refractivity contribution in [2.45, 2.75) is 90.9 Å². The number of hydrogen-bond acceptors (Lipinski definition) is 4. The number of allylic oxidation sites excluding steroid dienone is 4. The Kier molecular flexibility index (Phi) is 6.79. The summed E-state index contributed by atoms with van der Waals surface area (Å²) in [6, 6.07) is 0. The van der Waals surface area contributed by atoms with E-state index in [1.807, 2.05) is 6.20 Å². The third-order valence-electron chi connectivity index (χ3n) is 6.83. The maximum atomic E-state index is 6.41. The molecule has 31 heavy (non-hydrogen) atoms. The largest absolute Gasteiger partial charge is 0.382 e. The van der Waals surface area contributed by atoms with Gasteiger partial charge in [-0.1, -0.05) is 58.6 Å². The number of nitrogens with zero attached hydrogens (tertiary/aromatic N) is 3. The molecule has 3 heterocycles. The fourth-order valence-corrected chi connectivity index (χ4v) is 5.16. The van der Waals surface area contributed by atoms with Crippen LogP contribution >= 0.6 is 0 Å². The number of rotatable bonds is 6. The van der Waals surface area contributed by atoms with E-state index in [2.05, 4.69) is 47.6 Å². The lowest BCUT2D eigenvalue weighted by molar-refractivity contribution is 0.558. The summed E-state index contributed by atoms with van der Waals surface area (Å²) in [4.78, 5) is 9.63. The first kappa shape index (κ1) is 21.7. The Morgan fingerprint density at radius 2 is 1.97 bits per heavy atom. The van der Waals surface area contributed by atoms with Crippen molar-refractivity contribution in [3.8, 4) is 0 Å². The summed E-state index contributed by atoms with van der Waals surface area (Å²) in [6.45, 7) is 6.68. The zero-order valence-corrected chi connectivity index (χ0v) is 19.4. The molecule has 1 aliphatic carbocycles. The highest BCUT2D eigenvalue weighted by Crippen LogP contribution is 2.36. The first-order chi connectivity index (χ1) is 15.2. The highest BCUT2D eigenvalue weighted by Gasteiger charge is 2.26. The Labute approximate surface area is 186 Å². The first-order valence-corrected chi connectivity index (χ1v) is 12.2. The maximum absolute atomic E-state index is 6.41. The van der Waals surface area contributed by atoms with Gasteiger partial charge in [-0.05, 0) is 49.7 Å². The van der Waals surface area contributed by atoms with Crippen LogP contribution in [0.25, 0.3) is 11.2 Å². The van der Waals surface area contributed by atoms with Crippen LogP contribution in [0.4, 0.5) is 5.82 Å². The number of aromatic nitrogens is 3. The summed E-state index contributed by atoms with van der Waals surface area (Å²) in [5.41, 5.74) is 13.5. The van der Waals surface area contributed by atoms with Gasteiger partial charge in [0.2, 0.25) is 0 Å². The monoisotopic (exact) mass is 419 g/mol. The van der Waals surface area contributed by atoms with Crippen molar-refractivity contribution in [2.24, 2.45) is 0 Å². The Balaban J connectivity index is 1.78. The molecule has 1 fully saturated rings. The van der Waals surface area contributed by atoms with Crippen molar-refractivity contribution in [3.05, 3.63) is 52.9 Å². The van der Waals surface area contributed by atoms with Crippen LogP contribution in [-0.2, 0) is 0 Å². The molecule has 0 atom stereocenters. The molecule has 0 bridgehead atoms. The number of dihydropyridines is 1. The fraction of sp³-hybridized carbons (Fsp3) is 0.538. The van der Waals surface area contributed by atoms with E-state index >= 15 is 0 Å². The molecule has 0 aromatic carbocycles. The number of nitrogens with one attached hydrogen (secondary N) is 1. The topological polar surface area (TPSA) is 68.2 Å². The van der Waals surface area contributed by atoms with Crippen molar-refractivity contribution < 1.29 is 0 Å². The van der Waals surface area contributed by atoms with Gasteiger partial charge < -0.3 is 11.1 Å². The van der Waals surface area contributed by atoms with Gasteiger partial charge in [-0.3, -0.25) is 4.40 Å². The van der Waals surface area contributed by atoms with Crippen molar-refractivity contribution >= 4 is 17.0 Å². The maximum Gasteiger partial charge on any atom is 0.150 e. The molecule has 2 aromatic rings. The number of hydrogen-bond donors (Lipinski definition) is 2. The predicted octanol–water partition coefficient (Wildman–Crippen LogP) is 6.49. The van der Waals surface area contributed by atoms with Crippen molar-refractivity contribution in [1.82, 2.24) is 19.7 Å². The van der Waals surface area contributed by atoms with Crippen LogP contribution in [0.1, 0.15) is 102 Å². The van der Waals surface area contributed by atoms with E-state index in [9.17, 15) is 0 Å². The smallest absolute Gasteiger partial charge is 0.150 e. The number of nitrogen functional groups attached to an aromatic ring is 1. The molecular weight excluding hydrogens is 382 g/mol. The SMILES string of the molecule is CC/C=C(/CC)C1=C(CC)CC=C(c2nc(C3CCCCCC3)n3ccnc(N)c23)N1. The summed E-state index contributed by atoms with van der Waals surface area (Å²) < 4.78 is 2.21. The van der Waals surface area contributed by atoms with Crippen LogP contribution in [0.15, 0.2) is 41.4 Å². The lowest BCUT2D eigenvalue weighted by Crippen LogP contribution is -2.20. The zero-order chi connectivity index (χ0) is 21.8. The molecule has 1 aliphatic heterocycles. The highest BCUT2D eigenvalue weighted by atomic mass is 15.1. The molecule has 0 spiro atoms. The van der Waals surface area contributed by atoms with Gasteiger partial charge in [-0.15, -0.1) is 0 Å². The minimum absolute atomic E-state index is 0.488. The van der Waals surface area contributed by atoms with Crippen LogP contribution in [0, 0.1) is 0 Å². The van der Waals surface area contributed by atoms with Crippen LogP contribution in [-0.4, -0.2) is 14.4 Å². The molecule has 4 rings (SSSR count). The zero-order valence-electron chi connectivity index (χ0n) is 19.4. The van der Waals surface area contributed by atoms with Crippen molar-refractivity contribution in [2.75, 3.05) is 5.73 Å². The molecule has 0 radical (unpaired) electrons. The molecule has 166 valence electrons. The molecule has 2 aromatic heterocycles. The van der Waals surface area contributed by atoms with Gasteiger partial charge in [0.25, 0.3) is 0 Å². The third-order valence-corrected chi connectivity index (χ3v) is 6.83. The molecular formula is C26H37N5. The van der Waals surface area contributed by atoms with E-state index in [0.29, 0.717) is 11.7 Å². The van der Waals surface area contributed by atoms with Crippen LogP contribution < -0.4 is 11.1 Å². The van der Waals surface area contributed by atoms with Gasteiger partial charge in [0, 0.05) is 24.0 Å². The van der Waals surface area contributed by atoms with Gasteiger partial charge in [0.15, 0.2) is 0 Å². The Bertz CT molecular complexity index is 1020. The average molecular weight is 420 g/mol. The predicted molar refractivity (Wildman–Crippen MR) is 130 cm³/mol. The molecule has 0 unspecified atom stereocenters. The molecule has 3 N–H and O–H groups in total. The quantitative estimate of drug-likeness (QED) is 0.525.